The van der Waals surface area contributed by atoms with Crippen LogP contribution in [0.4, 0.5) is 0 Å². The van der Waals surface area contributed by atoms with Gasteiger partial charge in [-0.05, 0) is 0 Å². The summed E-state index contributed by atoms with van der Waals surface area (Å²) in [4.78, 5) is 34.8. The van der Waals surface area contributed by atoms with E-state index in [1.54, 1.807) is 0 Å². The molecule has 0 aromatic carbocycles. The summed E-state index contributed by atoms with van der Waals surface area (Å²) in [6.45, 7) is 2.95. The second-order valence-electron chi connectivity index (χ2n) is 3.62. The van der Waals surface area contributed by atoms with Crippen LogP contribution >= 0.6 is 34.0 Å². The molecule has 2 rings (SSSR count). The summed E-state index contributed by atoms with van der Waals surface area (Å²) in [7, 11) is 0. The van der Waals surface area contributed by atoms with E-state index in [0.717, 1.165) is 41.8 Å². The first kappa shape index (κ1) is 14.2. The predicted molar refractivity (Wildman–Crippen MR) is 74.8 cm³/mol. The molecular weight excluding hydrogens is 308 g/mol. The lowest BCUT2D eigenvalue weighted by Gasteiger charge is -1.99. The molecule has 5 nitrogen and oxygen atoms in total. The van der Waals surface area contributed by atoms with Gasteiger partial charge in [0.1, 0.15) is 13.2 Å². The molecule has 0 saturated carbocycles. The van der Waals surface area contributed by atoms with Crippen molar-refractivity contribution in [1.29, 1.82) is 0 Å². The lowest BCUT2D eigenvalue weighted by Crippen LogP contribution is -1.97. The zero-order chi connectivity index (χ0) is 14.0. The number of ether oxygens (including phenoxy) is 2. The molecule has 0 spiro atoms. The molecule has 0 radical (unpaired) electrons. The highest BCUT2D eigenvalue weighted by atomic mass is 32.2. The van der Waals surface area contributed by atoms with Crippen LogP contribution in [0.3, 0.4) is 0 Å². The van der Waals surface area contributed by atoms with E-state index in [0.29, 0.717) is 0 Å². The summed E-state index contributed by atoms with van der Waals surface area (Å²) in [5, 5.41) is 0. The second kappa shape index (κ2) is 5.81. The normalized spacial score (nSPS) is 10.6. The van der Waals surface area contributed by atoms with Gasteiger partial charge in [0, 0.05) is 13.8 Å². The van der Waals surface area contributed by atoms with Crippen LogP contribution < -0.4 is 4.06 Å². The van der Waals surface area contributed by atoms with Gasteiger partial charge >= 0.3 is 11.9 Å². The maximum absolute atomic E-state index is 11.5. The lowest BCUT2D eigenvalue weighted by atomic mass is 10.4. The Kier molecular flexibility index (Phi) is 4.33. The minimum absolute atomic E-state index is 0.0223. The van der Waals surface area contributed by atoms with Gasteiger partial charge in [0.25, 0.3) is 4.06 Å². The highest BCUT2D eigenvalue weighted by Gasteiger charge is 2.17. The van der Waals surface area contributed by atoms with E-state index in [-0.39, 0.29) is 29.2 Å². The average Bonchev–Trinajstić information content (AvgIpc) is 2.82. The molecule has 0 bridgehead atoms. The van der Waals surface area contributed by atoms with Crippen molar-refractivity contribution >= 4 is 55.3 Å². The molecule has 0 unspecified atom stereocenters. The SMILES string of the molecule is CC(=O)OCc1sc(COC(C)=O)c2sc(=O)sc12. The van der Waals surface area contributed by atoms with Crippen molar-refractivity contribution < 1.29 is 19.1 Å². The maximum atomic E-state index is 11.5. The van der Waals surface area contributed by atoms with Crippen LogP contribution in [-0.2, 0) is 32.3 Å². The number of fused-ring (bicyclic) bond motifs is 1. The van der Waals surface area contributed by atoms with Gasteiger partial charge in [0.05, 0.1) is 19.2 Å². The summed E-state index contributed by atoms with van der Waals surface area (Å²) >= 11 is 3.65. The fourth-order valence-corrected chi connectivity index (χ4v) is 4.99. The Morgan fingerprint density at radius 3 is 1.68 bits per heavy atom. The maximum Gasteiger partial charge on any atom is 0.302 e. The Bertz CT molecular complexity index is 625. The van der Waals surface area contributed by atoms with Crippen LogP contribution in [0, 0.1) is 0 Å². The first-order chi connectivity index (χ1) is 8.97. The van der Waals surface area contributed by atoms with Crippen LogP contribution in [-0.4, -0.2) is 11.9 Å². The molecule has 0 aliphatic rings. The average molecular weight is 318 g/mol. The predicted octanol–water partition coefficient (Wildman–Crippen LogP) is 2.51. The largest absolute Gasteiger partial charge is 0.460 e. The molecule has 0 amide bonds. The van der Waals surface area contributed by atoms with Crippen molar-refractivity contribution in [2.45, 2.75) is 27.1 Å². The standard InChI is InChI=1S/C11H10O5S3/c1-5(12)15-3-7-9-10(19-11(14)18-9)8(17-7)4-16-6(2)13/h3-4H2,1-2H3. The molecule has 8 heteroatoms. The summed E-state index contributed by atoms with van der Waals surface area (Å²) in [6.07, 6.45) is 0. The van der Waals surface area contributed by atoms with Gasteiger partial charge in [-0.25, -0.2) is 0 Å². The number of thiophene rings is 1. The van der Waals surface area contributed by atoms with E-state index in [1.807, 2.05) is 0 Å². The fourth-order valence-electron chi connectivity index (χ4n) is 1.41. The molecule has 19 heavy (non-hydrogen) atoms. The third kappa shape index (κ3) is 3.40. The van der Waals surface area contributed by atoms with Crippen molar-refractivity contribution in [2.24, 2.45) is 0 Å². The van der Waals surface area contributed by atoms with Gasteiger partial charge in [0.15, 0.2) is 0 Å². The molecule has 2 heterocycles. The number of esters is 2. The number of carbonyl (C=O) groups excluding carboxylic acids is 2. The van der Waals surface area contributed by atoms with Gasteiger partial charge < -0.3 is 9.47 Å². The van der Waals surface area contributed by atoms with Crippen LogP contribution in [0.2, 0.25) is 0 Å². The molecule has 102 valence electrons. The van der Waals surface area contributed by atoms with E-state index in [9.17, 15) is 14.4 Å². The molecule has 0 atom stereocenters. The van der Waals surface area contributed by atoms with Gasteiger partial charge in [-0.1, -0.05) is 22.7 Å². The molecule has 0 fully saturated rings. The number of rotatable bonds is 4. The monoisotopic (exact) mass is 318 g/mol. The smallest absolute Gasteiger partial charge is 0.302 e. The van der Waals surface area contributed by atoms with E-state index >= 15 is 0 Å². The number of hydrogen-bond acceptors (Lipinski definition) is 8. The summed E-state index contributed by atoms with van der Waals surface area (Å²) in [5.41, 5.74) is 0. The third-order valence-electron chi connectivity index (χ3n) is 2.14. The van der Waals surface area contributed by atoms with Gasteiger partial charge in [-0.15, -0.1) is 11.3 Å². The van der Waals surface area contributed by atoms with Gasteiger partial charge in [-0.2, -0.15) is 0 Å². The van der Waals surface area contributed by atoms with E-state index in [2.05, 4.69) is 0 Å². The molecule has 0 N–H and O–H groups in total. The highest BCUT2D eigenvalue weighted by molar-refractivity contribution is 7.38. The number of hydrogen-bond donors (Lipinski definition) is 0. The van der Waals surface area contributed by atoms with Crippen LogP contribution in [0.25, 0.3) is 9.40 Å². The quantitative estimate of drug-likeness (QED) is 0.810. The number of carbonyl (C=O) groups is 2. The Balaban J connectivity index is 2.33. The Morgan fingerprint density at radius 2 is 1.32 bits per heavy atom. The molecular formula is C11H10O5S3. The van der Waals surface area contributed by atoms with Crippen molar-refractivity contribution in [1.82, 2.24) is 0 Å². The van der Waals surface area contributed by atoms with Crippen molar-refractivity contribution in [3.8, 4) is 0 Å². The summed E-state index contributed by atoms with van der Waals surface area (Å²) in [5.74, 6) is -0.740. The third-order valence-corrected chi connectivity index (χ3v) is 5.81. The Hall–Kier alpha value is -1.25. The summed E-state index contributed by atoms with van der Waals surface area (Å²) < 4.78 is 11.5. The van der Waals surface area contributed by atoms with Crippen LogP contribution in [0.15, 0.2) is 4.79 Å². The first-order valence-electron chi connectivity index (χ1n) is 5.28. The second-order valence-corrected chi connectivity index (χ2v) is 7.04. The van der Waals surface area contributed by atoms with Crippen LogP contribution in [0.5, 0.6) is 0 Å². The zero-order valence-corrected chi connectivity index (χ0v) is 12.6. The van der Waals surface area contributed by atoms with Crippen LogP contribution in [0.1, 0.15) is 23.6 Å². The lowest BCUT2D eigenvalue weighted by molar-refractivity contribution is -0.142. The molecule has 2 aromatic rings. The zero-order valence-electron chi connectivity index (χ0n) is 10.2. The first-order valence-corrected chi connectivity index (χ1v) is 7.73. The van der Waals surface area contributed by atoms with E-state index in [1.165, 1.54) is 25.2 Å². The molecule has 0 saturated heterocycles. The minimum atomic E-state index is -0.370. The van der Waals surface area contributed by atoms with Gasteiger partial charge in [0.2, 0.25) is 0 Å². The van der Waals surface area contributed by atoms with Crippen molar-refractivity contribution in [2.75, 3.05) is 0 Å². The van der Waals surface area contributed by atoms with Gasteiger partial charge in [-0.3, -0.25) is 14.4 Å². The fraction of sp³-hybridized carbons (Fsp3) is 0.364. The minimum Gasteiger partial charge on any atom is -0.460 e. The molecule has 2 aromatic heterocycles. The van der Waals surface area contributed by atoms with E-state index in [4.69, 9.17) is 9.47 Å². The molecule has 0 aliphatic heterocycles. The van der Waals surface area contributed by atoms with Crippen molar-refractivity contribution in [3.05, 3.63) is 18.6 Å². The molecule has 0 aliphatic carbocycles. The highest BCUT2D eigenvalue weighted by Crippen LogP contribution is 2.36. The van der Waals surface area contributed by atoms with E-state index < -0.39 is 0 Å². The Labute approximate surface area is 120 Å². The Morgan fingerprint density at radius 1 is 0.895 bits per heavy atom. The summed E-state index contributed by atoms with van der Waals surface area (Å²) in [6, 6.07) is 0. The topological polar surface area (TPSA) is 69.7 Å². The van der Waals surface area contributed by atoms with Crippen molar-refractivity contribution in [3.63, 3.8) is 0 Å².